The molecule has 1 aliphatic carbocycles. The fourth-order valence-electron chi connectivity index (χ4n) is 4.99. The third kappa shape index (κ3) is 4.54. The van der Waals surface area contributed by atoms with Gasteiger partial charge in [0.25, 0.3) is 0 Å². The number of likely N-dealkylation sites (tertiary alicyclic amines) is 1. The van der Waals surface area contributed by atoms with E-state index in [-0.39, 0.29) is 17.2 Å². The van der Waals surface area contributed by atoms with Crippen LogP contribution in [0.2, 0.25) is 0 Å². The monoisotopic (exact) mass is 406 g/mol. The van der Waals surface area contributed by atoms with Gasteiger partial charge in [0, 0.05) is 19.0 Å². The molecule has 0 radical (unpaired) electrons. The van der Waals surface area contributed by atoms with E-state index in [1.165, 1.54) is 16.7 Å². The SMILES string of the molecule is COc1ccccc1CCNC(=O)[C@@H]1CC12CCN(Cc1cc(C)ccc1C)CC2. The van der Waals surface area contributed by atoms with Gasteiger partial charge in [-0.3, -0.25) is 9.69 Å². The second-order valence-corrected chi connectivity index (χ2v) is 9.18. The second-order valence-electron chi connectivity index (χ2n) is 9.18. The van der Waals surface area contributed by atoms with E-state index in [0.717, 1.165) is 56.6 Å². The summed E-state index contributed by atoms with van der Waals surface area (Å²) < 4.78 is 5.40. The molecule has 4 nitrogen and oxygen atoms in total. The minimum atomic E-state index is 0.207. The van der Waals surface area contributed by atoms with Crippen LogP contribution in [-0.4, -0.2) is 37.6 Å². The Morgan fingerprint density at radius 2 is 1.90 bits per heavy atom. The Morgan fingerprint density at radius 3 is 2.67 bits per heavy atom. The number of nitrogens with zero attached hydrogens (tertiary/aromatic N) is 1. The third-order valence-corrected chi connectivity index (χ3v) is 7.14. The third-order valence-electron chi connectivity index (χ3n) is 7.14. The van der Waals surface area contributed by atoms with Crippen molar-refractivity contribution in [2.24, 2.45) is 11.3 Å². The predicted octanol–water partition coefficient (Wildman–Crippen LogP) is 4.27. The van der Waals surface area contributed by atoms with Crippen LogP contribution in [0.1, 0.15) is 41.5 Å². The van der Waals surface area contributed by atoms with Gasteiger partial charge in [-0.1, -0.05) is 42.0 Å². The van der Waals surface area contributed by atoms with Crippen LogP contribution in [0.4, 0.5) is 0 Å². The summed E-state index contributed by atoms with van der Waals surface area (Å²) in [5.74, 6) is 1.34. The zero-order chi connectivity index (χ0) is 21.1. The molecule has 2 fully saturated rings. The van der Waals surface area contributed by atoms with Gasteiger partial charge in [0.05, 0.1) is 7.11 Å². The topological polar surface area (TPSA) is 41.6 Å². The summed E-state index contributed by atoms with van der Waals surface area (Å²) in [6.07, 6.45) is 4.15. The Morgan fingerprint density at radius 1 is 1.13 bits per heavy atom. The Hall–Kier alpha value is -2.33. The minimum absolute atomic E-state index is 0.207. The maximum absolute atomic E-state index is 12.7. The van der Waals surface area contributed by atoms with E-state index in [9.17, 15) is 4.79 Å². The predicted molar refractivity (Wildman–Crippen MR) is 121 cm³/mol. The first-order valence-electron chi connectivity index (χ1n) is 11.2. The maximum Gasteiger partial charge on any atom is 0.223 e. The van der Waals surface area contributed by atoms with E-state index < -0.39 is 0 Å². The summed E-state index contributed by atoms with van der Waals surface area (Å²) in [5, 5.41) is 3.17. The van der Waals surface area contributed by atoms with Crippen LogP contribution < -0.4 is 10.1 Å². The number of piperidine rings is 1. The van der Waals surface area contributed by atoms with Crippen LogP contribution in [0.25, 0.3) is 0 Å². The molecule has 4 rings (SSSR count). The molecular formula is C26H34N2O2. The summed E-state index contributed by atoms with van der Waals surface area (Å²) in [6, 6.07) is 14.7. The Labute approximate surface area is 180 Å². The lowest BCUT2D eigenvalue weighted by Crippen LogP contribution is -2.37. The molecule has 0 bridgehead atoms. The molecule has 0 aromatic heterocycles. The summed E-state index contributed by atoms with van der Waals surface area (Å²) in [5.41, 5.74) is 5.54. The zero-order valence-corrected chi connectivity index (χ0v) is 18.5. The van der Waals surface area contributed by atoms with Crippen molar-refractivity contribution in [1.82, 2.24) is 10.2 Å². The number of rotatable bonds is 7. The number of methoxy groups -OCH3 is 1. The zero-order valence-electron chi connectivity index (χ0n) is 18.5. The number of ether oxygens (including phenoxy) is 1. The smallest absolute Gasteiger partial charge is 0.223 e. The number of benzene rings is 2. The molecular weight excluding hydrogens is 372 g/mol. The van der Waals surface area contributed by atoms with Crippen LogP contribution in [0, 0.1) is 25.2 Å². The molecule has 30 heavy (non-hydrogen) atoms. The summed E-state index contributed by atoms with van der Waals surface area (Å²) in [4.78, 5) is 15.3. The van der Waals surface area contributed by atoms with Gasteiger partial charge in [0.15, 0.2) is 0 Å². The number of hydrogen-bond donors (Lipinski definition) is 1. The largest absolute Gasteiger partial charge is 0.496 e. The van der Waals surface area contributed by atoms with Crippen molar-refractivity contribution < 1.29 is 9.53 Å². The van der Waals surface area contributed by atoms with Gasteiger partial charge >= 0.3 is 0 Å². The number of carbonyl (C=O) groups excluding carboxylic acids is 1. The van der Waals surface area contributed by atoms with Crippen LogP contribution in [0.5, 0.6) is 5.75 Å². The molecule has 2 aromatic carbocycles. The fourth-order valence-corrected chi connectivity index (χ4v) is 4.99. The molecule has 1 aliphatic heterocycles. The highest BCUT2D eigenvalue weighted by Gasteiger charge is 2.58. The standard InChI is InChI=1S/C26H34N2O2/c1-19-8-9-20(2)22(16-19)18-28-14-11-26(12-15-28)17-23(26)25(29)27-13-10-21-6-4-5-7-24(21)30-3/h4-9,16,23H,10-15,17-18H2,1-3H3,(H,27,29)/t23-/m0/s1. The van der Waals surface area contributed by atoms with Crippen LogP contribution in [0.15, 0.2) is 42.5 Å². The molecule has 1 atom stereocenters. The molecule has 1 spiro atoms. The van der Waals surface area contributed by atoms with Gasteiger partial charge in [-0.05, 0) is 80.8 Å². The number of hydrogen-bond acceptors (Lipinski definition) is 3. The van der Waals surface area contributed by atoms with Crippen molar-refractivity contribution in [3.05, 3.63) is 64.7 Å². The van der Waals surface area contributed by atoms with Crippen LogP contribution in [-0.2, 0) is 17.8 Å². The number of para-hydroxylation sites is 1. The van der Waals surface area contributed by atoms with E-state index in [0.29, 0.717) is 6.54 Å². The average Bonchev–Trinajstić information content (AvgIpc) is 3.46. The van der Waals surface area contributed by atoms with Gasteiger partial charge in [0.1, 0.15) is 5.75 Å². The van der Waals surface area contributed by atoms with E-state index in [2.05, 4.69) is 48.3 Å². The minimum Gasteiger partial charge on any atom is -0.496 e. The van der Waals surface area contributed by atoms with E-state index in [4.69, 9.17) is 4.74 Å². The Balaban J connectivity index is 1.23. The lowest BCUT2D eigenvalue weighted by atomic mass is 9.90. The molecule has 1 saturated carbocycles. The second kappa shape index (κ2) is 8.81. The van der Waals surface area contributed by atoms with Crippen molar-refractivity contribution in [3.8, 4) is 5.75 Å². The van der Waals surface area contributed by atoms with E-state index >= 15 is 0 Å². The lowest BCUT2D eigenvalue weighted by molar-refractivity contribution is -0.123. The lowest BCUT2D eigenvalue weighted by Gasteiger charge is -2.33. The number of carbonyl (C=O) groups is 1. The highest BCUT2D eigenvalue weighted by molar-refractivity contribution is 5.82. The number of nitrogens with one attached hydrogen (secondary N) is 1. The average molecular weight is 407 g/mol. The molecule has 0 unspecified atom stereocenters. The first-order valence-corrected chi connectivity index (χ1v) is 11.2. The fraction of sp³-hybridized carbons (Fsp3) is 0.500. The van der Waals surface area contributed by atoms with E-state index in [1.54, 1.807) is 7.11 Å². The first-order chi connectivity index (χ1) is 14.5. The molecule has 4 heteroatoms. The highest BCUT2D eigenvalue weighted by atomic mass is 16.5. The van der Waals surface area contributed by atoms with Crippen molar-refractivity contribution in [2.45, 2.75) is 46.1 Å². The van der Waals surface area contributed by atoms with Crippen LogP contribution in [0.3, 0.4) is 0 Å². The summed E-state index contributed by atoms with van der Waals surface area (Å²) >= 11 is 0. The summed E-state index contributed by atoms with van der Waals surface area (Å²) in [7, 11) is 1.69. The molecule has 1 N–H and O–H groups in total. The summed E-state index contributed by atoms with van der Waals surface area (Å²) in [6.45, 7) is 8.25. The normalized spacial score (nSPS) is 20.2. The molecule has 2 aliphatic rings. The van der Waals surface area contributed by atoms with Crippen molar-refractivity contribution in [2.75, 3.05) is 26.7 Å². The number of aryl methyl sites for hydroxylation is 2. The number of amides is 1. The van der Waals surface area contributed by atoms with Crippen molar-refractivity contribution in [3.63, 3.8) is 0 Å². The Bertz CT molecular complexity index is 900. The highest BCUT2D eigenvalue weighted by Crippen LogP contribution is 2.59. The van der Waals surface area contributed by atoms with Crippen molar-refractivity contribution in [1.29, 1.82) is 0 Å². The molecule has 1 saturated heterocycles. The Kier molecular flexibility index (Phi) is 6.14. The quantitative estimate of drug-likeness (QED) is 0.746. The van der Waals surface area contributed by atoms with Gasteiger partial charge in [-0.25, -0.2) is 0 Å². The molecule has 1 amide bonds. The van der Waals surface area contributed by atoms with Crippen LogP contribution >= 0.6 is 0 Å². The molecule has 160 valence electrons. The van der Waals surface area contributed by atoms with Gasteiger partial charge in [-0.15, -0.1) is 0 Å². The molecule has 1 heterocycles. The van der Waals surface area contributed by atoms with Gasteiger partial charge in [-0.2, -0.15) is 0 Å². The van der Waals surface area contributed by atoms with Crippen molar-refractivity contribution >= 4 is 5.91 Å². The maximum atomic E-state index is 12.7. The van der Waals surface area contributed by atoms with E-state index in [1.807, 2.05) is 18.2 Å². The van der Waals surface area contributed by atoms with Gasteiger partial charge in [0.2, 0.25) is 5.91 Å². The first kappa shape index (κ1) is 20.9. The molecule has 2 aromatic rings. The van der Waals surface area contributed by atoms with Gasteiger partial charge < -0.3 is 10.1 Å².